The summed E-state index contributed by atoms with van der Waals surface area (Å²) in [5.41, 5.74) is 1.29. The van der Waals surface area contributed by atoms with Crippen molar-refractivity contribution < 1.29 is 13.2 Å². The molecule has 5 rings (SSSR count). The van der Waals surface area contributed by atoms with Crippen molar-refractivity contribution in [3.8, 4) is 0 Å². The van der Waals surface area contributed by atoms with Gasteiger partial charge in [0.05, 0.1) is 10.8 Å². The van der Waals surface area contributed by atoms with E-state index in [1.165, 1.54) is 12.8 Å². The third kappa shape index (κ3) is 4.35. The Morgan fingerprint density at radius 2 is 1.73 bits per heavy atom. The van der Waals surface area contributed by atoms with E-state index in [0.29, 0.717) is 29.9 Å². The van der Waals surface area contributed by atoms with Crippen LogP contribution in [0.4, 0.5) is 5.69 Å². The van der Waals surface area contributed by atoms with Gasteiger partial charge in [-0.3, -0.25) is 4.79 Å². The average Bonchev–Trinajstić information content (AvgIpc) is 2.98. The molecule has 3 aliphatic rings. The fourth-order valence-corrected chi connectivity index (χ4v) is 8.34. The van der Waals surface area contributed by atoms with Gasteiger partial charge in [0.1, 0.15) is 0 Å². The number of hydrogen-bond donors (Lipinski definition) is 2. The predicted molar refractivity (Wildman–Crippen MR) is 130 cm³/mol. The van der Waals surface area contributed by atoms with Crippen LogP contribution >= 0.6 is 0 Å². The van der Waals surface area contributed by atoms with Crippen molar-refractivity contribution in [2.45, 2.75) is 68.7 Å². The molecule has 3 fully saturated rings. The first-order valence-corrected chi connectivity index (χ1v) is 13.8. The third-order valence-electron chi connectivity index (χ3n) is 8.25. The van der Waals surface area contributed by atoms with Crippen LogP contribution in [0.5, 0.6) is 0 Å². The normalized spacial score (nSPS) is 31.3. The maximum Gasteiger partial charge on any atom is 0.241 e. The fraction of sp³-hybridized carbons (Fsp3) is 0.519. The number of nitrogens with one attached hydrogen (secondary N) is 2. The summed E-state index contributed by atoms with van der Waals surface area (Å²) >= 11 is 0. The molecule has 0 radical (unpaired) electrons. The highest BCUT2D eigenvalue weighted by Crippen LogP contribution is 2.61. The lowest BCUT2D eigenvalue weighted by molar-refractivity contribution is -0.117. The van der Waals surface area contributed by atoms with Crippen molar-refractivity contribution >= 4 is 21.6 Å². The Hall–Kier alpha value is -2.18. The molecule has 0 heterocycles. The molecule has 0 aromatic heterocycles. The van der Waals surface area contributed by atoms with Crippen molar-refractivity contribution in [3.05, 3.63) is 60.2 Å². The van der Waals surface area contributed by atoms with Gasteiger partial charge in [-0.05, 0) is 92.0 Å². The van der Waals surface area contributed by atoms with Gasteiger partial charge in [-0.15, -0.1) is 0 Å². The van der Waals surface area contributed by atoms with Crippen molar-refractivity contribution in [1.82, 2.24) is 4.72 Å². The quantitative estimate of drug-likeness (QED) is 0.580. The van der Waals surface area contributed by atoms with Gasteiger partial charge >= 0.3 is 0 Å². The summed E-state index contributed by atoms with van der Waals surface area (Å²) in [6, 6.07) is 16.3. The lowest BCUT2D eigenvalue weighted by Crippen LogP contribution is -2.47. The second-order valence-electron chi connectivity index (χ2n) is 10.6. The van der Waals surface area contributed by atoms with E-state index in [4.69, 9.17) is 0 Å². The van der Waals surface area contributed by atoms with Crippen LogP contribution < -0.4 is 10.0 Å². The molecule has 2 bridgehead atoms. The molecule has 33 heavy (non-hydrogen) atoms. The Kier molecular flexibility index (Phi) is 5.86. The first-order valence-electron chi connectivity index (χ1n) is 12.3. The van der Waals surface area contributed by atoms with Crippen molar-refractivity contribution in [2.24, 2.45) is 23.7 Å². The van der Waals surface area contributed by atoms with Crippen LogP contribution in [0.15, 0.2) is 59.5 Å². The predicted octanol–water partition coefficient (Wildman–Crippen LogP) is 5.31. The molecule has 6 heteroatoms. The van der Waals surface area contributed by atoms with Crippen LogP contribution in [-0.2, 0) is 14.8 Å². The molecule has 176 valence electrons. The average molecular weight is 467 g/mol. The minimum Gasteiger partial charge on any atom is -0.326 e. The SMILES string of the molecule is CCC(C(=O)Nc1ccc(S(=O)(=O)NC23CC(C)CC4CC(C2)C4C3)cc1)c1ccccc1. The topological polar surface area (TPSA) is 75.3 Å². The highest BCUT2D eigenvalue weighted by molar-refractivity contribution is 7.89. The van der Waals surface area contributed by atoms with Crippen molar-refractivity contribution in [2.75, 3.05) is 5.32 Å². The van der Waals surface area contributed by atoms with Gasteiger partial charge in [-0.2, -0.15) is 0 Å². The van der Waals surface area contributed by atoms with E-state index in [1.54, 1.807) is 24.3 Å². The standard InChI is InChI=1S/C27H34N2O3S/c1-3-24(19-7-5-4-6-8-19)26(30)28-22-9-11-23(12-10-22)33(31,32)29-27-15-18(2)13-20-14-21(16-27)25(20)17-27/h4-12,18,20-21,24-25,29H,3,13-17H2,1-2H3,(H,28,30). The van der Waals surface area contributed by atoms with E-state index in [0.717, 1.165) is 30.7 Å². The lowest BCUT2D eigenvalue weighted by atomic mass is 9.63. The Balaban J connectivity index is 1.28. The number of anilines is 1. The lowest BCUT2D eigenvalue weighted by Gasteiger charge is -2.42. The minimum atomic E-state index is -3.62. The largest absolute Gasteiger partial charge is 0.326 e. The summed E-state index contributed by atoms with van der Waals surface area (Å²) in [5.74, 6) is 2.42. The number of rotatable bonds is 7. The monoisotopic (exact) mass is 466 g/mol. The molecule has 3 saturated carbocycles. The number of fused-ring (bicyclic) bond motifs is 1. The van der Waals surface area contributed by atoms with E-state index < -0.39 is 10.0 Å². The van der Waals surface area contributed by atoms with Crippen molar-refractivity contribution in [1.29, 1.82) is 0 Å². The van der Waals surface area contributed by atoms with Crippen LogP contribution in [0.3, 0.4) is 0 Å². The number of amides is 1. The molecule has 6 atom stereocenters. The first-order chi connectivity index (χ1) is 15.8. The zero-order valence-corrected chi connectivity index (χ0v) is 20.3. The molecular formula is C27H34N2O3S. The van der Waals surface area contributed by atoms with E-state index in [1.807, 2.05) is 37.3 Å². The number of carbonyl (C=O) groups excluding carboxylic acids is 1. The van der Waals surface area contributed by atoms with E-state index >= 15 is 0 Å². The van der Waals surface area contributed by atoms with Gasteiger partial charge in [0.2, 0.25) is 15.9 Å². The molecule has 2 aromatic rings. The molecule has 6 unspecified atom stereocenters. The molecule has 3 aliphatic carbocycles. The number of hydrogen-bond acceptors (Lipinski definition) is 3. The van der Waals surface area contributed by atoms with Gasteiger partial charge in [-0.1, -0.05) is 44.2 Å². The van der Waals surface area contributed by atoms with Gasteiger partial charge in [0, 0.05) is 11.2 Å². The van der Waals surface area contributed by atoms with Crippen LogP contribution in [0.1, 0.15) is 63.9 Å². The highest BCUT2D eigenvalue weighted by Gasteiger charge is 2.57. The second-order valence-corrected chi connectivity index (χ2v) is 12.3. The maximum atomic E-state index is 13.3. The molecule has 2 N–H and O–H groups in total. The summed E-state index contributed by atoms with van der Waals surface area (Å²) in [6.07, 6.45) is 6.09. The second kappa shape index (κ2) is 8.55. The highest BCUT2D eigenvalue weighted by atomic mass is 32.2. The molecule has 5 nitrogen and oxygen atoms in total. The number of carbonyl (C=O) groups is 1. The zero-order valence-electron chi connectivity index (χ0n) is 19.5. The molecule has 1 amide bonds. The van der Waals surface area contributed by atoms with Crippen LogP contribution in [0.25, 0.3) is 0 Å². The van der Waals surface area contributed by atoms with Gasteiger partial charge in [0.15, 0.2) is 0 Å². The molecular weight excluding hydrogens is 432 g/mol. The number of benzene rings is 2. The number of sulfonamides is 1. The van der Waals surface area contributed by atoms with Crippen LogP contribution in [0, 0.1) is 23.7 Å². The van der Waals surface area contributed by atoms with Gasteiger partial charge in [-0.25, -0.2) is 13.1 Å². The summed E-state index contributed by atoms with van der Waals surface area (Å²) in [6.45, 7) is 4.25. The Labute approximate surface area is 197 Å². The third-order valence-corrected chi connectivity index (χ3v) is 9.84. The fourth-order valence-electron chi connectivity index (χ4n) is 6.91. The van der Waals surface area contributed by atoms with E-state index in [9.17, 15) is 13.2 Å². The summed E-state index contributed by atoms with van der Waals surface area (Å²) in [5, 5.41) is 2.95. The summed E-state index contributed by atoms with van der Waals surface area (Å²) < 4.78 is 29.7. The Morgan fingerprint density at radius 3 is 2.42 bits per heavy atom. The Bertz CT molecular complexity index is 1110. The van der Waals surface area contributed by atoms with E-state index in [-0.39, 0.29) is 22.3 Å². The molecule has 0 spiro atoms. The summed E-state index contributed by atoms with van der Waals surface area (Å²) in [7, 11) is -3.62. The first kappa shape index (κ1) is 22.6. The molecule has 0 aliphatic heterocycles. The van der Waals surface area contributed by atoms with Gasteiger partial charge in [0.25, 0.3) is 0 Å². The van der Waals surface area contributed by atoms with Crippen molar-refractivity contribution in [3.63, 3.8) is 0 Å². The maximum absolute atomic E-state index is 13.3. The minimum absolute atomic E-state index is 0.0836. The van der Waals surface area contributed by atoms with Crippen LogP contribution in [-0.4, -0.2) is 19.9 Å². The van der Waals surface area contributed by atoms with Gasteiger partial charge < -0.3 is 5.32 Å². The molecule has 2 aromatic carbocycles. The summed E-state index contributed by atoms with van der Waals surface area (Å²) in [4.78, 5) is 13.1. The zero-order chi connectivity index (χ0) is 23.2. The van der Waals surface area contributed by atoms with Crippen LogP contribution in [0.2, 0.25) is 0 Å². The smallest absolute Gasteiger partial charge is 0.241 e. The van der Waals surface area contributed by atoms with E-state index in [2.05, 4.69) is 17.0 Å². The Morgan fingerprint density at radius 1 is 1.00 bits per heavy atom. The molecule has 0 saturated heterocycles.